The molecule has 0 heterocycles. The second kappa shape index (κ2) is 9.59. The summed E-state index contributed by atoms with van der Waals surface area (Å²) in [6.45, 7) is 4.47. The average Bonchev–Trinajstić information content (AvgIpc) is 2.58. The zero-order chi connectivity index (χ0) is 19.0. The maximum absolute atomic E-state index is 10.7. The second-order valence-electron chi connectivity index (χ2n) is 6.49. The molecule has 0 spiro atoms. The van der Waals surface area contributed by atoms with Gasteiger partial charge in [0.05, 0.1) is 11.9 Å². The normalized spacial score (nSPS) is 11.5. The van der Waals surface area contributed by atoms with E-state index in [4.69, 9.17) is 14.0 Å². The van der Waals surface area contributed by atoms with Crippen LogP contribution in [0.15, 0.2) is 48.5 Å². The topological polar surface area (TPSA) is 72.8 Å². The van der Waals surface area contributed by atoms with Crippen molar-refractivity contribution in [3.63, 3.8) is 0 Å². The predicted octanol–water partition coefficient (Wildman–Crippen LogP) is 4.26. The van der Waals surface area contributed by atoms with Crippen molar-refractivity contribution in [1.82, 2.24) is 0 Å². The lowest BCUT2D eigenvalue weighted by molar-refractivity contribution is 0.242. The molecule has 0 amide bonds. The second-order valence-corrected chi connectivity index (χ2v) is 8.06. The third-order valence-electron chi connectivity index (χ3n) is 3.74. The fourth-order valence-corrected chi connectivity index (χ4v) is 3.04. The molecule has 2 rings (SSSR count). The molecule has 0 radical (unpaired) electrons. The lowest BCUT2D eigenvalue weighted by Gasteiger charge is -2.11. The van der Waals surface area contributed by atoms with E-state index >= 15 is 0 Å². The molecular weight excluding hydrogens is 352 g/mol. The van der Waals surface area contributed by atoms with E-state index in [9.17, 15) is 8.42 Å². The van der Waals surface area contributed by atoms with Gasteiger partial charge in [-0.05, 0) is 68.5 Å². The Morgan fingerprint density at radius 3 is 2.04 bits per heavy atom. The molecule has 0 fully saturated rings. The van der Waals surface area contributed by atoms with E-state index in [2.05, 4.69) is 0 Å². The summed E-state index contributed by atoms with van der Waals surface area (Å²) in [5, 5.41) is 0. The fraction of sp³-hybridized carbons (Fsp3) is 0.400. The number of ether oxygens (including phenoxy) is 2. The molecule has 26 heavy (non-hydrogen) atoms. The van der Waals surface area contributed by atoms with E-state index in [0.29, 0.717) is 19.4 Å². The van der Waals surface area contributed by atoms with Crippen molar-refractivity contribution in [1.29, 1.82) is 0 Å². The molecule has 2 aromatic carbocycles. The monoisotopic (exact) mass is 378 g/mol. The lowest BCUT2D eigenvalue weighted by atomic mass is 10.1. The molecule has 0 aliphatic rings. The molecule has 0 aliphatic carbocycles. The molecular formula is C20H26O5S. The smallest absolute Gasteiger partial charge is 0.264 e. The van der Waals surface area contributed by atoms with Gasteiger partial charge in [0.1, 0.15) is 18.1 Å². The Hall–Kier alpha value is -2.05. The van der Waals surface area contributed by atoms with Gasteiger partial charge in [-0.3, -0.25) is 4.55 Å². The van der Waals surface area contributed by atoms with Crippen LogP contribution in [0.25, 0.3) is 0 Å². The first kappa shape index (κ1) is 20.3. The van der Waals surface area contributed by atoms with Gasteiger partial charge in [-0.2, -0.15) is 8.42 Å². The summed E-state index contributed by atoms with van der Waals surface area (Å²) in [6, 6.07) is 15.6. The molecule has 0 bridgehead atoms. The van der Waals surface area contributed by atoms with Crippen LogP contribution in [-0.2, 0) is 23.1 Å². The highest BCUT2D eigenvalue weighted by Gasteiger charge is 2.04. The van der Waals surface area contributed by atoms with Gasteiger partial charge in [0, 0.05) is 0 Å². The fourth-order valence-electron chi connectivity index (χ4n) is 2.47. The van der Waals surface area contributed by atoms with Crippen molar-refractivity contribution < 1.29 is 22.4 Å². The summed E-state index contributed by atoms with van der Waals surface area (Å²) in [5.41, 5.74) is 2.18. The van der Waals surface area contributed by atoms with Crippen molar-refractivity contribution in [3.8, 4) is 11.5 Å². The van der Waals surface area contributed by atoms with Crippen LogP contribution >= 0.6 is 0 Å². The van der Waals surface area contributed by atoms with E-state index in [-0.39, 0.29) is 11.9 Å². The summed E-state index contributed by atoms with van der Waals surface area (Å²) >= 11 is 0. The van der Waals surface area contributed by atoms with E-state index in [1.165, 1.54) is 0 Å². The maximum atomic E-state index is 10.7. The van der Waals surface area contributed by atoms with Gasteiger partial charge < -0.3 is 9.47 Å². The van der Waals surface area contributed by atoms with Gasteiger partial charge in [0.25, 0.3) is 10.1 Å². The Balaban J connectivity index is 1.76. The van der Waals surface area contributed by atoms with E-state index in [1.807, 2.05) is 62.4 Å². The molecule has 0 saturated carbocycles. The van der Waals surface area contributed by atoms with Gasteiger partial charge in [0.15, 0.2) is 0 Å². The minimum atomic E-state index is -3.86. The van der Waals surface area contributed by atoms with Crippen molar-refractivity contribution in [2.75, 3.05) is 5.75 Å². The first-order chi connectivity index (χ1) is 12.3. The summed E-state index contributed by atoms with van der Waals surface area (Å²) in [6.07, 6.45) is 2.09. The Kier molecular flexibility index (Phi) is 7.48. The van der Waals surface area contributed by atoms with E-state index in [0.717, 1.165) is 29.0 Å². The molecule has 0 aromatic heterocycles. The molecule has 0 saturated heterocycles. The molecule has 6 heteroatoms. The van der Waals surface area contributed by atoms with Crippen molar-refractivity contribution >= 4 is 10.1 Å². The van der Waals surface area contributed by atoms with Crippen LogP contribution in [0, 0.1) is 0 Å². The Morgan fingerprint density at radius 1 is 0.885 bits per heavy atom. The first-order valence-corrected chi connectivity index (χ1v) is 10.4. The average molecular weight is 378 g/mol. The Bertz CT molecular complexity index is 765. The molecule has 0 atom stereocenters. The van der Waals surface area contributed by atoms with Crippen LogP contribution in [0.2, 0.25) is 0 Å². The quantitative estimate of drug-likeness (QED) is 0.494. The zero-order valence-corrected chi connectivity index (χ0v) is 16.0. The van der Waals surface area contributed by atoms with Gasteiger partial charge in [-0.25, -0.2) is 0 Å². The van der Waals surface area contributed by atoms with Crippen molar-refractivity contribution in [2.24, 2.45) is 0 Å². The van der Waals surface area contributed by atoms with Crippen LogP contribution in [-0.4, -0.2) is 24.8 Å². The lowest BCUT2D eigenvalue weighted by Crippen LogP contribution is -2.05. The van der Waals surface area contributed by atoms with E-state index in [1.54, 1.807) is 0 Å². The van der Waals surface area contributed by atoms with Crippen LogP contribution < -0.4 is 9.47 Å². The Labute approximate surface area is 155 Å². The molecule has 2 aromatic rings. The highest BCUT2D eigenvalue weighted by Crippen LogP contribution is 2.18. The third-order valence-corrected chi connectivity index (χ3v) is 4.55. The van der Waals surface area contributed by atoms with Crippen LogP contribution in [0.1, 0.15) is 37.8 Å². The Morgan fingerprint density at radius 2 is 1.46 bits per heavy atom. The number of hydrogen-bond acceptors (Lipinski definition) is 4. The first-order valence-electron chi connectivity index (χ1n) is 8.74. The molecule has 142 valence electrons. The highest BCUT2D eigenvalue weighted by atomic mass is 32.2. The summed E-state index contributed by atoms with van der Waals surface area (Å²) < 4.78 is 41.5. The summed E-state index contributed by atoms with van der Waals surface area (Å²) in [7, 11) is -3.86. The number of hydrogen-bond donors (Lipinski definition) is 1. The highest BCUT2D eigenvalue weighted by molar-refractivity contribution is 7.85. The minimum Gasteiger partial charge on any atom is -0.491 e. The number of unbranched alkanes of at least 4 members (excludes halogenated alkanes) is 1. The van der Waals surface area contributed by atoms with Gasteiger partial charge in [-0.15, -0.1) is 0 Å². The van der Waals surface area contributed by atoms with Crippen LogP contribution in [0.3, 0.4) is 0 Å². The minimum absolute atomic E-state index is 0.156. The van der Waals surface area contributed by atoms with E-state index < -0.39 is 10.1 Å². The molecule has 0 aliphatic heterocycles. The summed E-state index contributed by atoms with van der Waals surface area (Å²) in [4.78, 5) is 0. The summed E-state index contributed by atoms with van der Waals surface area (Å²) in [5.74, 6) is 1.45. The zero-order valence-electron chi connectivity index (χ0n) is 15.2. The van der Waals surface area contributed by atoms with Gasteiger partial charge in [0.2, 0.25) is 0 Å². The SMILES string of the molecule is CC(C)Oc1ccc(COc2ccc(CCCCS(=O)(=O)O)cc2)cc1. The number of rotatable bonds is 10. The van der Waals surface area contributed by atoms with Crippen LogP contribution in [0.5, 0.6) is 11.5 Å². The largest absolute Gasteiger partial charge is 0.491 e. The predicted molar refractivity (Wildman–Crippen MR) is 102 cm³/mol. The standard InChI is InChI=1S/C20H26O5S/c1-16(2)25-20-12-8-18(9-13-20)15-24-19-10-6-17(7-11-19)5-3-4-14-26(21,22)23/h6-13,16H,3-5,14-15H2,1-2H3,(H,21,22,23). The molecule has 0 unspecified atom stereocenters. The number of aryl methyl sites for hydroxylation is 1. The van der Waals surface area contributed by atoms with Crippen molar-refractivity contribution in [3.05, 3.63) is 59.7 Å². The molecule has 1 N–H and O–H groups in total. The number of benzene rings is 2. The van der Waals surface area contributed by atoms with Crippen molar-refractivity contribution in [2.45, 2.75) is 45.8 Å². The van der Waals surface area contributed by atoms with Crippen LogP contribution in [0.4, 0.5) is 0 Å². The van der Waals surface area contributed by atoms with Gasteiger partial charge in [-0.1, -0.05) is 24.3 Å². The van der Waals surface area contributed by atoms with Gasteiger partial charge >= 0.3 is 0 Å². The maximum Gasteiger partial charge on any atom is 0.264 e. The third kappa shape index (κ3) is 7.89. The molecule has 5 nitrogen and oxygen atoms in total.